The highest BCUT2D eigenvalue weighted by molar-refractivity contribution is 6.07. The average Bonchev–Trinajstić information content (AvgIpc) is 2.91. The monoisotopic (exact) mass is 457 g/mol. The van der Waals surface area contributed by atoms with Crippen LogP contribution in [0.1, 0.15) is 36.0 Å². The fourth-order valence-electron chi connectivity index (χ4n) is 5.16. The Morgan fingerprint density at radius 2 is 1.50 bits per heavy atom. The molecule has 1 amide bonds. The molecule has 2 aliphatic heterocycles. The molecular formula is C29H35N3O2. The van der Waals surface area contributed by atoms with Crippen molar-refractivity contribution in [2.45, 2.75) is 25.7 Å². The fraction of sp³-hybridized carbons (Fsp3) is 0.414. The number of hydrogen-bond donors (Lipinski definition) is 0. The number of ether oxygens (including phenoxy) is 1. The summed E-state index contributed by atoms with van der Waals surface area (Å²) in [6, 6.07) is 22.5. The molecule has 0 aromatic heterocycles. The van der Waals surface area contributed by atoms with Gasteiger partial charge in [-0.25, -0.2) is 0 Å². The van der Waals surface area contributed by atoms with Gasteiger partial charge >= 0.3 is 0 Å². The Balaban J connectivity index is 1.10. The maximum absolute atomic E-state index is 13.2. The second-order valence-electron chi connectivity index (χ2n) is 9.40. The zero-order valence-corrected chi connectivity index (χ0v) is 20.0. The lowest BCUT2D eigenvalue weighted by Crippen LogP contribution is -2.48. The highest BCUT2D eigenvalue weighted by Crippen LogP contribution is 2.24. The standard InChI is InChI=1S/C29H35N3O2/c33-29(28-11-6-9-24-8-2-3-10-27(24)28)32-21-19-31(20-22-32)25-12-14-26(15-13-25)34-23-7-18-30-16-4-1-5-17-30/h2-3,6,8-15H,1,4-5,7,16-23H2. The predicted octanol–water partition coefficient (Wildman–Crippen LogP) is 5.06. The second kappa shape index (κ2) is 10.9. The molecule has 0 atom stereocenters. The first-order valence-electron chi connectivity index (χ1n) is 12.8. The van der Waals surface area contributed by atoms with Crippen molar-refractivity contribution in [2.24, 2.45) is 0 Å². The van der Waals surface area contributed by atoms with Crippen LogP contribution in [0.2, 0.25) is 0 Å². The van der Waals surface area contributed by atoms with Gasteiger partial charge in [0, 0.05) is 44.0 Å². The van der Waals surface area contributed by atoms with E-state index in [2.05, 4.69) is 46.2 Å². The molecule has 2 saturated heterocycles. The third kappa shape index (κ3) is 5.36. The van der Waals surface area contributed by atoms with Crippen molar-refractivity contribution in [1.29, 1.82) is 0 Å². The summed E-state index contributed by atoms with van der Waals surface area (Å²) in [5.41, 5.74) is 1.99. The average molecular weight is 458 g/mol. The molecule has 0 saturated carbocycles. The number of fused-ring (bicyclic) bond motifs is 1. The fourth-order valence-corrected chi connectivity index (χ4v) is 5.16. The predicted molar refractivity (Wildman–Crippen MR) is 139 cm³/mol. The number of carbonyl (C=O) groups is 1. The Kier molecular flexibility index (Phi) is 7.30. The smallest absolute Gasteiger partial charge is 0.254 e. The van der Waals surface area contributed by atoms with Crippen LogP contribution in [-0.4, -0.2) is 68.1 Å². The van der Waals surface area contributed by atoms with Gasteiger partial charge in [0.05, 0.1) is 6.61 Å². The van der Waals surface area contributed by atoms with E-state index in [0.717, 1.165) is 67.8 Å². The zero-order chi connectivity index (χ0) is 23.2. The summed E-state index contributed by atoms with van der Waals surface area (Å²) in [6.07, 6.45) is 5.14. The van der Waals surface area contributed by atoms with Crippen LogP contribution in [0.25, 0.3) is 10.8 Å². The van der Waals surface area contributed by atoms with Crippen molar-refractivity contribution in [3.05, 3.63) is 72.3 Å². The van der Waals surface area contributed by atoms with E-state index in [1.807, 2.05) is 35.2 Å². The van der Waals surface area contributed by atoms with E-state index >= 15 is 0 Å². The lowest BCUT2D eigenvalue weighted by molar-refractivity contribution is 0.0749. The molecule has 2 aliphatic rings. The molecule has 34 heavy (non-hydrogen) atoms. The molecule has 178 valence electrons. The molecule has 5 nitrogen and oxygen atoms in total. The largest absolute Gasteiger partial charge is 0.494 e. The van der Waals surface area contributed by atoms with Crippen molar-refractivity contribution in [3.8, 4) is 5.75 Å². The summed E-state index contributed by atoms with van der Waals surface area (Å²) < 4.78 is 5.97. The quantitative estimate of drug-likeness (QED) is 0.465. The van der Waals surface area contributed by atoms with Gasteiger partial charge in [-0.3, -0.25) is 4.79 Å². The number of anilines is 1. The Morgan fingerprint density at radius 1 is 0.765 bits per heavy atom. The number of piperazine rings is 1. The van der Waals surface area contributed by atoms with Crippen LogP contribution in [0, 0.1) is 0 Å². The van der Waals surface area contributed by atoms with Crippen molar-refractivity contribution >= 4 is 22.4 Å². The van der Waals surface area contributed by atoms with Crippen molar-refractivity contribution in [3.63, 3.8) is 0 Å². The minimum atomic E-state index is 0.129. The molecule has 0 radical (unpaired) electrons. The molecule has 3 aromatic rings. The van der Waals surface area contributed by atoms with Crippen LogP contribution in [0.3, 0.4) is 0 Å². The molecule has 0 spiro atoms. The van der Waals surface area contributed by atoms with Crippen molar-refractivity contribution < 1.29 is 9.53 Å². The number of likely N-dealkylation sites (tertiary alicyclic amines) is 1. The topological polar surface area (TPSA) is 36.0 Å². The van der Waals surface area contributed by atoms with Crippen LogP contribution < -0.4 is 9.64 Å². The van der Waals surface area contributed by atoms with E-state index in [1.165, 1.54) is 38.0 Å². The van der Waals surface area contributed by atoms with Gasteiger partial charge in [0.25, 0.3) is 5.91 Å². The van der Waals surface area contributed by atoms with E-state index in [1.54, 1.807) is 0 Å². The van der Waals surface area contributed by atoms with Gasteiger partial charge in [0.2, 0.25) is 0 Å². The van der Waals surface area contributed by atoms with E-state index in [-0.39, 0.29) is 5.91 Å². The van der Waals surface area contributed by atoms with Gasteiger partial charge in [-0.2, -0.15) is 0 Å². The Hall–Kier alpha value is -3.05. The van der Waals surface area contributed by atoms with Crippen LogP contribution in [0.5, 0.6) is 5.75 Å². The number of amides is 1. The Bertz CT molecular complexity index is 1080. The minimum absolute atomic E-state index is 0.129. The molecule has 5 rings (SSSR count). The number of benzene rings is 3. The summed E-state index contributed by atoms with van der Waals surface area (Å²) in [5.74, 6) is 1.07. The number of nitrogens with zero attached hydrogens (tertiary/aromatic N) is 3. The molecule has 3 aromatic carbocycles. The van der Waals surface area contributed by atoms with Gasteiger partial charge in [-0.1, -0.05) is 42.8 Å². The first-order valence-corrected chi connectivity index (χ1v) is 12.8. The molecule has 0 bridgehead atoms. The Labute approximate surface area is 202 Å². The SMILES string of the molecule is O=C(c1cccc2ccccc12)N1CCN(c2ccc(OCCCN3CCCCC3)cc2)CC1. The first-order chi connectivity index (χ1) is 16.8. The molecule has 0 aliphatic carbocycles. The van der Waals surface area contributed by atoms with Crippen LogP contribution >= 0.6 is 0 Å². The molecule has 2 fully saturated rings. The van der Waals surface area contributed by atoms with Gasteiger partial charge in [0.1, 0.15) is 5.75 Å². The third-order valence-electron chi connectivity index (χ3n) is 7.12. The molecule has 0 N–H and O–H groups in total. The normalized spacial score (nSPS) is 17.2. The summed E-state index contributed by atoms with van der Waals surface area (Å²) >= 11 is 0. The van der Waals surface area contributed by atoms with E-state index in [0.29, 0.717) is 0 Å². The molecule has 5 heteroatoms. The van der Waals surface area contributed by atoms with Gasteiger partial charge in [-0.15, -0.1) is 0 Å². The first kappa shape index (κ1) is 22.7. The maximum atomic E-state index is 13.2. The van der Waals surface area contributed by atoms with Crippen LogP contribution in [-0.2, 0) is 0 Å². The van der Waals surface area contributed by atoms with Crippen molar-refractivity contribution in [2.75, 3.05) is 57.3 Å². The number of carbonyl (C=O) groups excluding carboxylic acids is 1. The van der Waals surface area contributed by atoms with Gasteiger partial charge in [-0.05, 0) is 73.5 Å². The lowest BCUT2D eigenvalue weighted by atomic mass is 10.0. The number of rotatable bonds is 7. The van der Waals surface area contributed by atoms with E-state index < -0.39 is 0 Å². The third-order valence-corrected chi connectivity index (χ3v) is 7.12. The van der Waals surface area contributed by atoms with Crippen molar-refractivity contribution in [1.82, 2.24) is 9.80 Å². The highest BCUT2D eigenvalue weighted by atomic mass is 16.5. The summed E-state index contributed by atoms with van der Waals surface area (Å²) in [4.78, 5) is 20.1. The van der Waals surface area contributed by atoms with Gasteiger partial charge in [0.15, 0.2) is 0 Å². The summed E-state index contributed by atoms with van der Waals surface area (Å²) in [6.45, 7) is 7.54. The number of hydrogen-bond acceptors (Lipinski definition) is 4. The maximum Gasteiger partial charge on any atom is 0.254 e. The highest BCUT2D eigenvalue weighted by Gasteiger charge is 2.23. The zero-order valence-electron chi connectivity index (χ0n) is 20.0. The molecule has 0 unspecified atom stereocenters. The van der Waals surface area contributed by atoms with Crippen LogP contribution in [0.4, 0.5) is 5.69 Å². The Morgan fingerprint density at radius 3 is 2.29 bits per heavy atom. The van der Waals surface area contributed by atoms with E-state index in [4.69, 9.17) is 4.74 Å². The molecular weight excluding hydrogens is 422 g/mol. The summed E-state index contributed by atoms with van der Waals surface area (Å²) in [7, 11) is 0. The van der Waals surface area contributed by atoms with Crippen LogP contribution in [0.15, 0.2) is 66.7 Å². The summed E-state index contributed by atoms with van der Waals surface area (Å²) in [5, 5.41) is 2.14. The lowest BCUT2D eigenvalue weighted by Gasteiger charge is -2.36. The number of piperidine rings is 1. The second-order valence-corrected chi connectivity index (χ2v) is 9.40. The van der Waals surface area contributed by atoms with Gasteiger partial charge < -0.3 is 19.4 Å². The molecule has 2 heterocycles. The van der Waals surface area contributed by atoms with E-state index in [9.17, 15) is 4.79 Å². The minimum Gasteiger partial charge on any atom is -0.494 e.